The fourth-order valence-electron chi connectivity index (χ4n) is 3.41. The first-order chi connectivity index (χ1) is 12.2. The Hall–Kier alpha value is -2.56. The highest BCUT2D eigenvalue weighted by molar-refractivity contribution is 5.82. The Morgan fingerprint density at radius 1 is 1.28 bits per heavy atom. The van der Waals surface area contributed by atoms with Crippen LogP contribution in [0.15, 0.2) is 33.7 Å². The second-order valence-electron chi connectivity index (χ2n) is 6.55. The average Bonchev–Trinajstić information content (AvgIpc) is 2.63. The molecule has 5 nitrogen and oxygen atoms in total. The molecule has 5 heteroatoms. The Morgan fingerprint density at radius 3 is 2.96 bits per heavy atom. The van der Waals surface area contributed by atoms with E-state index in [9.17, 15) is 0 Å². The maximum absolute atomic E-state index is 6.16. The summed E-state index contributed by atoms with van der Waals surface area (Å²) >= 11 is 0. The number of fused-ring (bicyclic) bond motifs is 3. The van der Waals surface area contributed by atoms with Crippen molar-refractivity contribution in [1.82, 2.24) is 4.98 Å². The number of aryl methyl sites for hydroxylation is 1. The van der Waals surface area contributed by atoms with E-state index in [0.717, 1.165) is 53.0 Å². The standard InChI is InChI=1S/C20H23N3O2/c1-4-8-24-18-11-16-19(10-14(18)21-2)25-20-12-17-13(9-15(20)22-16)6-5-7-23(17)3/h9-12H,4-8H2,1-3H3/b21-14+. The van der Waals surface area contributed by atoms with Crippen molar-refractivity contribution in [1.29, 1.82) is 0 Å². The fraction of sp³-hybridized carbons (Fsp3) is 0.400. The van der Waals surface area contributed by atoms with Crippen molar-refractivity contribution in [2.24, 2.45) is 4.99 Å². The summed E-state index contributed by atoms with van der Waals surface area (Å²) in [6, 6.07) is 8.12. The summed E-state index contributed by atoms with van der Waals surface area (Å²) in [4.78, 5) is 11.4. The van der Waals surface area contributed by atoms with Crippen LogP contribution in [0.1, 0.15) is 25.3 Å². The van der Waals surface area contributed by atoms with Gasteiger partial charge in [0.25, 0.3) is 0 Å². The van der Waals surface area contributed by atoms with Crippen molar-refractivity contribution in [2.45, 2.75) is 26.2 Å². The van der Waals surface area contributed by atoms with E-state index in [2.05, 4.69) is 36.0 Å². The van der Waals surface area contributed by atoms with Gasteiger partial charge in [-0.25, -0.2) is 4.98 Å². The second-order valence-corrected chi connectivity index (χ2v) is 6.55. The number of benzene rings is 2. The molecule has 1 aromatic rings. The Labute approximate surface area is 147 Å². The van der Waals surface area contributed by atoms with Crippen LogP contribution in [0.3, 0.4) is 0 Å². The number of aromatic nitrogens is 1. The zero-order chi connectivity index (χ0) is 17.4. The first-order valence-corrected chi connectivity index (χ1v) is 8.88. The van der Waals surface area contributed by atoms with Gasteiger partial charge in [-0.3, -0.25) is 4.99 Å². The molecule has 130 valence electrons. The van der Waals surface area contributed by atoms with Gasteiger partial charge in [0.05, 0.1) is 6.61 Å². The maximum Gasteiger partial charge on any atom is 0.155 e. The molecule has 3 aliphatic rings. The van der Waals surface area contributed by atoms with Gasteiger partial charge in [-0.15, -0.1) is 0 Å². The summed E-state index contributed by atoms with van der Waals surface area (Å²) in [5.41, 5.74) is 5.08. The molecule has 1 aliphatic carbocycles. The molecule has 0 N–H and O–H groups in total. The van der Waals surface area contributed by atoms with E-state index in [1.807, 2.05) is 12.1 Å². The van der Waals surface area contributed by atoms with Crippen LogP contribution in [-0.2, 0) is 6.42 Å². The number of nitrogens with zero attached hydrogens (tertiary/aromatic N) is 3. The summed E-state index contributed by atoms with van der Waals surface area (Å²) in [5.74, 6) is 1.49. The third-order valence-corrected chi connectivity index (χ3v) is 4.72. The lowest BCUT2D eigenvalue weighted by atomic mass is 10.0. The third kappa shape index (κ3) is 2.84. The van der Waals surface area contributed by atoms with Crippen LogP contribution in [0.25, 0.3) is 22.6 Å². The van der Waals surface area contributed by atoms with Gasteiger partial charge in [0.1, 0.15) is 22.3 Å². The van der Waals surface area contributed by atoms with Crippen molar-refractivity contribution < 1.29 is 9.15 Å². The smallest absolute Gasteiger partial charge is 0.155 e. The minimum atomic E-state index is 0.665. The highest BCUT2D eigenvalue weighted by Gasteiger charge is 2.18. The molecule has 0 saturated heterocycles. The lowest BCUT2D eigenvalue weighted by molar-refractivity contribution is 0.313. The highest BCUT2D eigenvalue weighted by Crippen LogP contribution is 2.33. The van der Waals surface area contributed by atoms with Crippen LogP contribution in [0, 0.1) is 0 Å². The van der Waals surface area contributed by atoms with Crippen LogP contribution >= 0.6 is 0 Å². The molecule has 0 unspecified atom stereocenters. The topological polar surface area (TPSA) is 50.9 Å². The lowest BCUT2D eigenvalue weighted by Gasteiger charge is -2.27. The molecule has 0 aromatic heterocycles. The number of rotatable bonds is 3. The Kier molecular flexibility index (Phi) is 4.07. The molecule has 0 atom stereocenters. The van der Waals surface area contributed by atoms with Crippen molar-refractivity contribution in [3.63, 3.8) is 0 Å². The van der Waals surface area contributed by atoms with Gasteiger partial charge in [0.2, 0.25) is 0 Å². The van der Waals surface area contributed by atoms with Crippen LogP contribution in [-0.4, -0.2) is 32.2 Å². The highest BCUT2D eigenvalue weighted by atomic mass is 16.5. The molecular weight excluding hydrogens is 314 g/mol. The van der Waals surface area contributed by atoms with Crippen molar-refractivity contribution >= 4 is 16.8 Å². The number of hydrogen-bond donors (Lipinski definition) is 0. The zero-order valence-corrected chi connectivity index (χ0v) is 15.0. The normalized spacial score (nSPS) is 15.0. The zero-order valence-electron chi connectivity index (χ0n) is 15.0. The molecule has 0 amide bonds. The van der Waals surface area contributed by atoms with Gasteiger partial charge in [-0.2, -0.15) is 0 Å². The summed E-state index contributed by atoms with van der Waals surface area (Å²) < 4.78 is 12.0. The van der Waals surface area contributed by atoms with Crippen LogP contribution in [0.5, 0.6) is 5.75 Å². The maximum atomic E-state index is 6.16. The molecule has 4 rings (SSSR count). The number of ether oxygens (including phenoxy) is 1. The number of hydrogen-bond acceptors (Lipinski definition) is 5. The molecule has 25 heavy (non-hydrogen) atoms. The van der Waals surface area contributed by atoms with E-state index in [4.69, 9.17) is 14.1 Å². The molecule has 1 aromatic carbocycles. The summed E-state index contributed by atoms with van der Waals surface area (Å²) in [7, 11) is 3.89. The van der Waals surface area contributed by atoms with E-state index >= 15 is 0 Å². The van der Waals surface area contributed by atoms with Crippen molar-refractivity contribution in [3.8, 4) is 17.2 Å². The fourth-order valence-corrected chi connectivity index (χ4v) is 3.41. The van der Waals surface area contributed by atoms with Crippen molar-refractivity contribution in [2.75, 3.05) is 32.1 Å². The molecule has 0 spiro atoms. The van der Waals surface area contributed by atoms with Gasteiger partial charge in [0.15, 0.2) is 11.3 Å². The van der Waals surface area contributed by atoms with Crippen LogP contribution in [0.2, 0.25) is 0 Å². The molecule has 0 radical (unpaired) electrons. The van der Waals surface area contributed by atoms with E-state index in [-0.39, 0.29) is 0 Å². The average molecular weight is 337 g/mol. The second kappa shape index (κ2) is 6.39. The van der Waals surface area contributed by atoms with E-state index < -0.39 is 0 Å². The van der Waals surface area contributed by atoms with Gasteiger partial charge in [-0.1, -0.05) is 6.92 Å². The molecule has 2 aliphatic heterocycles. The quantitative estimate of drug-likeness (QED) is 0.685. The number of anilines is 1. The van der Waals surface area contributed by atoms with Gasteiger partial charge in [-0.05, 0) is 30.9 Å². The largest absolute Gasteiger partial charge is 0.491 e. The summed E-state index contributed by atoms with van der Waals surface area (Å²) in [6.45, 7) is 3.83. The molecular formula is C20H23N3O2. The Balaban J connectivity index is 1.91. The van der Waals surface area contributed by atoms with Crippen molar-refractivity contribution in [3.05, 3.63) is 35.2 Å². The minimum Gasteiger partial charge on any atom is -0.491 e. The lowest BCUT2D eigenvalue weighted by Crippen LogP contribution is -2.24. The molecule has 0 fully saturated rings. The molecule has 0 bridgehead atoms. The summed E-state index contributed by atoms with van der Waals surface area (Å²) in [6.07, 6.45) is 3.22. The molecule has 0 saturated carbocycles. The van der Waals surface area contributed by atoms with E-state index in [0.29, 0.717) is 6.61 Å². The van der Waals surface area contributed by atoms with Gasteiger partial charge >= 0.3 is 0 Å². The van der Waals surface area contributed by atoms with E-state index in [1.54, 1.807) is 7.05 Å². The first-order valence-electron chi connectivity index (χ1n) is 8.88. The Bertz CT molecular complexity index is 961. The van der Waals surface area contributed by atoms with Gasteiger partial charge in [0, 0.05) is 44.5 Å². The minimum absolute atomic E-state index is 0.665. The summed E-state index contributed by atoms with van der Waals surface area (Å²) in [5, 5.41) is 0.793. The first kappa shape index (κ1) is 15.9. The SMILES string of the molecule is CCCOc1cc2nc3cc4c(cc3oc-2c/c1=N\C)N(C)CCC4. The Morgan fingerprint density at radius 2 is 2.16 bits per heavy atom. The monoisotopic (exact) mass is 337 g/mol. The molecule has 2 heterocycles. The van der Waals surface area contributed by atoms with Crippen LogP contribution in [0.4, 0.5) is 5.69 Å². The van der Waals surface area contributed by atoms with Crippen LogP contribution < -0.4 is 15.0 Å². The third-order valence-electron chi connectivity index (χ3n) is 4.72. The predicted octanol–water partition coefficient (Wildman–Crippen LogP) is 3.63. The van der Waals surface area contributed by atoms with E-state index in [1.165, 1.54) is 17.7 Å². The van der Waals surface area contributed by atoms with Gasteiger partial charge < -0.3 is 14.1 Å². The predicted molar refractivity (Wildman–Crippen MR) is 99.5 cm³/mol.